The fourth-order valence-corrected chi connectivity index (χ4v) is 1.45. The van der Waals surface area contributed by atoms with Gasteiger partial charge in [0.1, 0.15) is 6.04 Å². The molecule has 1 aromatic rings. The van der Waals surface area contributed by atoms with Crippen LogP contribution in [-0.2, 0) is 4.79 Å². The molecule has 15 heavy (non-hydrogen) atoms. The van der Waals surface area contributed by atoms with Crippen molar-refractivity contribution in [2.75, 3.05) is 5.32 Å². The molecule has 0 aliphatic carbocycles. The molecule has 82 valence electrons. The highest BCUT2D eigenvalue weighted by Crippen LogP contribution is 2.15. The van der Waals surface area contributed by atoms with Crippen molar-refractivity contribution in [3.05, 3.63) is 29.3 Å². The van der Waals surface area contributed by atoms with Crippen molar-refractivity contribution in [1.82, 2.24) is 0 Å². The van der Waals surface area contributed by atoms with Crippen LogP contribution in [-0.4, -0.2) is 11.9 Å². The van der Waals surface area contributed by atoms with Gasteiger partial charge in [0.15, 0.2) is 0 Å². The Hall–Kier alpha value is -1.22. The molecule has 0 aliphatic rings. The molecule has 4 heteroatoms. The van der Waals surface area contributed by atoms with Crippen LogP contribution in [0.15, 0.2) is 24.3 Å². The van der Waals surface area contributed by atoms with Gasteiger partial charge in [-0.25, -0.2) is 0 Å². The van der Waals surface area contributed by atoms with Crippen LogP contribution in [0.3, 0.4) is 0 Å². The quantitative estimate of drug-likeness (QED) is 0.810. The molecule has 0 heterocycles. The lowest BCUT2D eigenvalue weighted by atomic mass is 10.1. The Bertz CT molecular complexity index is 324. The van der Waals surface area contributed by atoms with Crippen LogP contribution < -0.4 is 11.1 Å². The van der Waals surface area contributed by atoms with Crippen LogP contribution >= 0.6 is 11.6 Å². The summed E-state index contributed by atoms with van der Waals surface area (Å²) in [5.41, 5.74) is 6.13. The lowest BCUT2D eigenvalue weighted by Gasteiger charge is -2.15. The van der Waals surface area contributed by atoms with E-state index in [1.807, 2.05) is 19.1 Å². The smallest absolute Gasteiger partial charge is 0.239 e. The maximum atomic E-state index is 11.1. The first-order chi connectivity index (χ1) is 7.13. The minimum absolute atomic E-state index is 0.309. The van der Waals surface area contributed by atoms with Crippen molar-refractivity contribution in [3.63, 3.8) is 0 Å². The topological polar surface area (TPSA) is 55.1 Å². The van der Waals surface area contributed by atoms with E-state index in [2.05, 4.69) is 5.32 Å². The van der Waals surface area contributed by atoms with Gasteiger partial charge in [0.05, 0.1) is 0 Å². The molecule has 0 saturated heterocycles. The van der Waals surface area contributed by atoms with Gasteiger partial charge in [-0.2, -0.15) is 0 Å². The Morgan fingerprint density at radius 2 is 2.07 bits per heavy atom. The van der Waals surface area contributed by atoms with Crippen LogP contribution in [0.25, 0.3) is 0 Å². The molecule has 0 bridgehead atoms. The van der Waals surface area contributed by atoms with Gasteiger partial charge >= 0.3 is 0 Å². The Morgan fingerprint density at radius 1 is 1.47 bits per heavy atom. The number of carbonyl (C=O) groups is 1. The Morgan fingerprint density at radius 3 is 2.53 bits per heavy atom. The molecular weight excluding hydrogens is 212 g/mol. The number of amides is 1. The van der Waals surface area contributed by atoms with Crippen LogP contribution in [0.4, 0.5) is 5.69 Å². The lowest BCUT2D eigenvalue weighted by molar-refractivity contribution is -0.118. The van der Waals surface area contributed by atoms with Gasteiger partial charge in [-0.05, 0) is 30.7 Å². The summed E-state index contributed by atoms with van der Waals surface area (Å²) in [5.74, 6) is -0.327. The zero-order valence-corrected chi connectivity index (χ0v) is 9.42. The Labute approximate surface area is 94.6 Å². The molecule has 0 radical (unpaired) electrons. The van der Waals surface area contributed by atoms with Crippen molar-refractivity contribution in [2.45, 2.75) is 25.8 Å². The third kappa shape index (κ3) is 3.80. The first-order valence-electron chi connectivity index (χ1n) is 4.95. The summed E-state index contributed by atoms with van der Waals surface area (Å²) >= 11 is 5.75. The molecule has 0 aromatic heterocycles. The first-order valence-corrected chi connectivity index (χ1v) is 5.32. The van der Waals surface area contributed by atoms with Crippen molar-refractivity contribution in [3.8, 4) is 0 Å². The number of hydrogen-bond donors (Lipinski definition) is 2. The maximum absolute atomic E-state index is 11.1. The van der Waals surface area contributed by atoms with E-state index in [1.165, 1.54) is 0 Å². The van der Waals surface area contributed by atoms with Crippen LogP contribution in [0.5, 0.6) is 0 Å². The molecule has 0 aliphatic heterocycles. The number of anilines is 1. The van der Waals surface area contributed by atoms with Crippen molar-refractivity contribution in [2.24, 2.45) is 5.73 Å². The van der Waals surface area contributed by atoms with Crippen molar-refractivity contribution in [1.29, 1.82) is 0 Å². The highest BCUT2D eigenvalue weighted by atomic mass is 35.5. The molecule has 1 unspecified atom stereocenters. The average Bonchev–Trinajstić information content (AvgIpc) is 2.20. The largest absolute Gasteiger partial charge is 0.374 e. The second kappa shape index (κ2) is 5.61. The molecule has 0 fully saturated rings. The average molecular weight is 227 g/mol. The van der Waals surface area contributed by atoms with E-state index >= 15 is 0 Å². The van der Waals surface area contributed by atoms with Gasteiger partial charge < -0.3 is 11.1 Å². The molecule has 1 aromatic carbocycles. The summed E-state index contributed by atoms with van der Waals surface area (Å²) < 4.78 is 0. The van der Waals surface area contributed by atoms with Crippen LogP contribution in [0.2, 0.25) is 5.02 Å². The second-order valence-corrected chi connectivity index (χ2v) is 3.83. The minimum Gasteiger partial charge on any atom is -0.374 e. The molecule has 1 amide bonds. The number of nitrogens with one attached hydrogen (secondary N) is 1. The number of carbonyl (C=O) groups excluding carboxylic acids is 1. The van der Waals surface area contributed by atoms with Crippen LogP contribution in [0.1, 0.15) is 19.8 Å². The Kier molecular flexibility index (Phi) is 4.43. The normalized spacial score (nSPS) is 12.1. The molecule has 0 saturated carbocycles. The van der Waals surface area contributed by atoms with Crippen molar-refractivity contribution >= 4 is 23.2 Å². The second-order valence-electron chi connectivity index (χ2n) is 3.39. The zero-order valence-electron chi connectivity index (χ0n) is 8.66. The maximum Gasteiger partial charge on any atom is 0.239 e. The fraction of sp³-hybridized carbons (Fsp3) is 0.364. The molecule has 1 rings (SSSR count). The fourth-order valence-electron chi connectivity index (χ4n) is 1.32. The summed E-state index contributed by atoms with van der Waals surface area (Å²) in [7, 11) is 0. The summed E-state index contributed by atoms with van der Waals surface area (Å²) in [6, 6.07) is 6.89. The summed E-state index contributed by atoms with van der Waals surface area (Å²) in [5, 5.41) is 3.75. The van der Waals surface area contributed by atoms with E-state index in [9.17, 15) is 4.79 Å². The highest BCUT2D eigenvalue weighted by Gasteiger charge is 2.13. The Balaban J connectivity index is 2.65. The van der Waals surface area contributed by atoms with Gasteiger partial charge in [-0.15, -0.1) is 0 Å². The van der Waals surface area contributed by atoms with E-state index < -0.39 is 0 Å². The molecule has 3 nitrogen and oxygen atoms in total. The standard InChI is InChI=1S/C11H15ClN2O/c1-2-3-10(11(13)15)14-9-6-4-8(12)5-7-9/h4-7,10,14H,2-3H2,1H3,(H2,13,15). The van der Waals surface area contributed by atoms with Crippen molar-refractivity contribution < 1.29 is 4.79 Å². The SMILES string of the molecule is CCCC(Nc1ccc(Cl)cc1)C(N)=O. The van der Waals surface area contributed by atoms with Gasteiger partial charge in [-0.1, -0.05) is 24.9 Å². The molecular formula is C11H15ClN2O. The van der Waals surface area contributed by atoms with Gasteiger partial charge in [-0.3, -0.25) is 4.79 Å². The minimum atomic E-state index is -0.327. The van der Waals surface area contributed by atoms with E-state index in [-0.39, 0.29) is 11.9 Å². The predicted octanol–water partition coefficient (Wildman–Crippen LogP) is 2.41. The van der Waals surface area contributed by atoms with Gasteiger partial charge in [0, 0.05) is 10.7 Å². The molecule has 3 N–H and O–H groups in total. The summed E-state index contributed by atoms with van der Waals surface area (Å²) in [4.78, 5) is 11.1. The van der Waals surface area contributed by atoms with Crippen LogP contribution in [0, 0.1) is 0 Å². The third-order valence-corrected chi connectivity index (χ3v) is 2.36. The summed E-state index contributed by atoms with van der Waals surface area (Å²) in [6.45, 7) is 2.01. The number of rotatable bonds is 5. The highest BCUT2D eigenvalue weighted by molar-refractivity contribution is 6.30. The van der Waals surface area contributed by atoms with E-state index in [1.54, 1.807) is 12.1 Å². The zero-order chi connectivity index (χ0) is 11.3. The number of benzene rings is 1. The van der Waals surface area contributed by atoms with E-state index in [4.69, 9.17) is 17.3 Å². The number of nitrogens with two attached hydrogens (primary N) is 1. The number of halogens is 1. The number of primary amides is 1. The molecule has 0 spiro atoms. The molecule has 1 atom stereocenters. The predicted molar refractivity (Wildman–Crippen MR) is 63.0 cm³/mol. The summed E-state index contributed by atoms with van der Waals surface area (Å²) in [6.07, 6.45) is 1.64. The van der Waals surface area contributed by atoms with Gasteiger partial charge in [0.25, 0.3) is 0 Å². The van der Waals surface area contributed by atoms with E-state index in [0.717, 1.165) is 18.5 Å². The monoisotopic (exact) mass is 226 g/mol. The van der Waals surface area contributed by atoms with Gasteiger partial charge in [0.2, 0.25) is 5.91 Å². The first kappa shape index (κ1) is 11.9. The third-order valence-electron chi connectivity index (χ3n) is 2.11. The van der Waals surface area contributed by atoms with E-state index in [0.29, 0.717) is 5.02 Å². The lowest BCUT2D eigenvalue weighted by Crippen LogP contribution is -2.35. The number of hydrogen-bond acceptors (Lipinski definition) is 2.